The van der Waals surface area contributed by atoms with E-state index in [9.17, 15) is 0 Å². The first-order chi connectivity index (χ1) is 5.29. The van der Waals surface area contributed by atoms with E-state index in [0.29, 0.717) is 16.9 Å². The summed E-state index contributed by atoms with van der Waals surface area (Å²) in [5.74, 6) is 0.355. The normalized spacial score (nSPS) is 11.8. The fourth-order valence-electron chi connectivity index (χ4n) is 0.744. The van der Waals surface area contributed by atoms with Crippen LogP contribution in [0, 0.1) is 0 Å². The monoisotopic (exact) mass is 136 g/mol. The molecule has 0 spiro atoms. The fourth-order valence-corrected chi connectivity index (χ4v) is 0.744. The number of nitrogens with one attached hydrogen (secondary N) is 1. The SMILES string of the molecule is [2H]n1ncc2c(N)ncnc21. The van der Waals surface area contributed by atoms with Crippen molar-refractivity contribution in [3.05, 3.63) is 12.5 Å². The first-order valence-electron chi connectivity index (χ1n) is 3.17. The van der Waals surface area contributed by atoms with Crippen LogP contribution in [0.3, 0.4) is 0 Å². The number of aromatic nitrogens is 4. The lowest BCUT2D eigenvalue weighted by molar-refractivity contribution is 1.09. The quantitative estimate of drug-likeness (QED) is 0.531. The Labute approximate surface area is 57.8 Å². The van der Waals surface area contributed by atoms with E-state index in [1.807, 2.05) is 0 Å². The molecule has 0 saturated carbocycles. The first-order valence-corrected chi connectivity index (χ1v) is 2.72. The molecule has 0 unspecified atom stereocenters. The van der Waals surface area contributed by atoms with Crippen LogP contribution < -0.4 is 5.73 Å². The molecule has 0 aliphatic heterocycles. The lowest BCUT2D eigenvalue weighted by Crippen LogP contribution is -1.90. The standard InChI is InChI=1S/C5H5N5/c6-4-3-1-9-10-5(3)8-2-7-4/h1-2H,(H3,6,7,8,9,10)/i/hD. The average Bonchev–Trinajstić information content (AvgIpc) is 2.35. The Hall–Kier alpha value is -1.65. The molecule has 0 amide bonds. The van der Waals surface area contributed by atoms with Crippen LogP contribution in [0.15, 0.2) is 12.5 Å². The molecule has 0 aromatic carbocycles. The average molecular weight is 136 g/mol. The van der Waals surface area contributed by atoms with Crippen LogP contribution in [0.2, 0.25) is 1.41 Å². The molecule has 2 heterocycles. The lowest BCUT2D eigenvalue weighted by atomic mass is 10.4. The van der Waals surface area contributed by atoms with Gasteiger partial charge in [-0.2, -0.15) is 5.10 Å². The molecule has 5 heteroatoms. The van der Waals surface area contributed by atoms with Crippen LogP contribution in [0.5, 0.6) is 0 Å². The van der Waals surface area contributed by atoms with E-state index in [-0.39, 0.29) is 0 Å². The van der Waals surface area contributed by atoms with Gasteiger partial charge in [0.05, 0.1) is 11.6 Å². The summed E-state index contributed by atoms with van der Waals surface area (Å²) in [7, 11) is 0. The molecule has 0 saturated heterocycles. The number of hydrogen-bond acceptors (Lipinski definition) is 4. The summed E-state index contributed by atoms with van der Waals surface area (Å²) in [6.07, 6.45) is 2.78. The number of rotatable bonds is 0. The highest BCUT2D eigenvalue weighted by Crippen LogP contribution is 2.11. The number of anilines is 1. The predicted octanol–water partition coefficient (Wildman–Crippen LogP) is -0.0649. The minimum atomic E-state index is 0.355. The van der Waals surface area contributed by atoms with E-state index < -0.39 is 0 Å². The molecule has 0 aliphatic carbocycles. The third-order valence-electron chi connectivity index (χ3n) is 1.23. The van der Waals surface area contributed by atoms with E-state index in [0.717, 1.165) is 5.09 Å². The molecule has 2 aromatic heterocycles. The van der Waals surface area contributed by atoms with Crippen LogP contribution in [0.25, 0.3) is 11.0 Å². The molecule has 2 aromatic rings. The number of hydrogen-bond donors (Lipinski definition) is 2. The summed E-state index contributed by atoms with van der Waals surface area (Å²) in [5.41, 5.74) is 5.91. The zero-order valence-corrected chi connectivity index (χ0v) is 5.02. The van der Waals surface area contributed by atoms with Crippen molar-refractivity contribution in [1.29, 1.82) is 0 Å². The zero-order valence-electron chi connectivity index (χ0n) is 6.02. The first kappa shape index (κ1) is 4.21. The maximum atomic E-state index is 7.20. The fraction of sp³-hybridized carbons (Fsp3) is 0. The van der Waals surface area contributed by atoms with E-state index in [1.54, 1.807) is 0 Å². The molecule has 5 nitrogen and oxygen atoms in total. The van der Waals surface area contributed by atoms with Crippen molar-refractivity contribution in [1.82, 2.24) is 20.2 Å². The van der Waals surface area contributed by atoms with Crippen molar-refractivity contribution in [2.24, 2.45) is 0 Å². The van der Waals surface area contributed by atoms with Crippen molar-refractivity contribution in [3.63, 3.8) is 0 Å². The maximum absolute atomic E-state index is 7.20. The number of H-pyrrole nitrogens is 1. The van der Waals surface area contributed by atoms with E-state index >= 15 is 0 Å². The van der Waals surface area contributed by atoms with Crippen LogP contribution >= 0.6 is 0 Å². The Morgan fingerprint density at radius 1 is 1.60 bits per heavy atom. The molecule has 3 N–H and O–H groups in total. The summed E-state index contributed by atoms with van der Waals surface area (Å²) >= 11 is 0. The number of nitrogen functional groups attached to an aromatic ring is 1. The smallest absolute Gasteiger partial charge is 0.192 e. The van der Waals surface area contributed by atoms with Crippen LogP contribution in [-0.4, -0.2) is 20.2 Å². The minimum Gasteiger partial charge on any atom is -0.383 e. The minimum absolute atomic E-state index is 0.355. The molecule has 0 aliphatic rings. The Balaban J connectivity index is 2.94. The van der Waals surface area contributed by atoms with E-state index in [4.69, 9.17) is 7.15 Å². The van der Waals surface area contributed by atoms with Crippen molar-refractivity contribution >= 4 is 16.9 Å². The summed E-state index contributed by atoms with van der Waals surface area (Å²) in [4.78, 5) is 7.57. The maximum Gasteiger partial charge on any atom is 0.192 e. The molecule has 10 heavy (non-hydrogen) atoms. The third-order valence-corrected chi connectivity index (χ3v) is 1.23. The molecule has 0 radical (unpaired) electrons. The van der Waals surface area contributed by atoms with E-state index in [1.165, 1.54) is 12.5 Å². The molecule has 0 fully saturated rings. The largest absolute Gasteiger partial charge is 0.383 e. The molecule has 2 rings (SSSR count). The topological polar surface area (TPSA) is 80.5 Å². The molecule has 0 bridgehead atoms. The van der Waals surface area contributed by atoms with Gasteiger partial charge in [0.25, 0.3) is 0 Å². The van der Waals surface area contributed by atoms with Crippen LogP contribution in [-0.2, 0) is 0 Å². The highest BCUT2D eigenvalue weighted by Gasteiger charge is 1.98. The highest BCUT2D eigenvalue weighted by molar-refractivity contribution is 5.83. The lowest BCUT2D eigenvalue weighted by Gasteiger charge is -1.89. The van der Waals surface area contributed by atoms with Crippen molar-refractivity contribution in [2.75, 3.05) is 5.73 Å². The number of nitrogens with zero attached hydrogens (tertiary/aromatic N) is 3. The van der Waals surface area contributed by atoms with Gasteiger partial charge in [0.1, 0.15) is 12.1 Å². The second-order valence-corrected chi connectivity index (χ2v) is 1.84. The van der Waals surface area contributed by atoms with Gasteiger partial charge >= 0.3 is 0 Å². The van der Waals surface area contributed by atoms with E-state index in [2.05, 4.69) is 15.1 Å². The van der Waals surface area contributed by atoms with Gasteiger partial charge in [-0.15, -0.1) is 0 Å². The predicted molar refractivity (Wildman–Crippen MR) is 36.1 cm³/mol. The number of aromatic amines is 1. The van der Waals surface area contributed by atoms with Crippen molar-refractivity contribution in [2.45, 2.75) is 0 Å². The zero-order chi connectivity index (χ0) is 7.84. The van der Waals surface area contributed by atoms with Gasteiger partial charge in [0, 0.05) is 0 Å². The van der Waals surface area contributed by atoms with Gasteiger partial charge in [0.2, 0.25) is 0 Å². The van der Waals surface area contributed by atoms with Crippen molar-refractivity contribution < 1.29 is 1.41 Å². The molecule has 0 atom stereocenters. The van der Waals surface area contributed by atoms with Crippen LogP contribution in [0.1, 0.15) is 0 Å². The number of fused-ring (bicyclic) bond motifs is 1. The Morgan fingerprint density at radius 3 is 3.30 bits per heavy atom. The number of nitrogens with two attached hydrogens (primary N) is 1. The highest BCUT2D eigenvalue weighted by atomic mass is 15.1. The van der Waals surface area contributed by atoms with Gasteiger partial charge in [-0.05, 0) is 0 Å². The second-order valence-electron chi connectivity index (χ2n) is 1.84. The Bertz CT molecular complexity index is 395. The Morgan fingerprint density at radius 2 is 2.50 bits per heavy atom. The molecular weight excluding hydrogens is 130 g/mol. The van der Waals surface area contributed by atoms with Gasteiger partial charge < -0.3 is 5.73 Å². The third kappa shape index (κ3) is 0.540. The van der Waals surface area contributed by atoms with Crippen LogP contribution in [0.4, 0.5) is 5.82 Å². The van der Waals surface area contributed by atoms with Gasteiger partial charge in [-0.25, -0.2) is 9.97 Å². The molecular formula is C5H5N5. The molecule has 50 valence electrons. The Kier molecular flexibility index (Phi) is 0.700. The van der Waals surface area contributed by atoms with Gasteiger partial charge in [-0.3, -0.25) is 5.09 Å². The van der Waals surface area contributed by atoms with Gasteiger partial charge in [0.15, 0.2) is 7.06 Å². The van der Waals surface area contributed by atoms with Gasteiger partial charge in [-0.1, -0.05) is 0 Å². The second kappa shape index (κ2) is 1.66. The van der Waals surface area contributed by atoms with Crippen molar-refractivity contribution in [3.8, 4) is 0 Å². The summed E-state index contributed by atoms with van der Waals surface area (Å²) in [6.45, 7) is 0. The summed E-state index contributed by atoms with van der Waals surface area (Å²) < 4.78 is 7.20. The summed E-state index contributed by atoms with van der Waals surface area (Å²) in [6, 6.07) is 0. The summed E-state index contributed by atoms with van der Waals surface area (Å²) in [5, 5.41) is 5.18.